The van der Waals surface area contributed by atoms with E-state index in [9.17, 15) is 13.2 Å². The van der Waals surface area contributed by atoms with Gasteiger partial charge in [-0.25, -0.2) is 13.1 Å². The number of hydrogen-bond donors (Lipinski definition) is 2. The van der Waals surface area contributed by atoms with Gasteiger partial charge in [-0.15, -0.1) is 0 Å². The molecule has 168 valence electrons. The van der Waals surface area contributed by atoms with Crippen LogP contribution in [0.1, 0.15) is 29.5 Å². The summed E-state index contributed by atoms with van der Waals surface area (Å²) in [6, 6.07) is 14.1. The molecule has 0 fully saturated rings. The van der Waals surface area contributed by atoms with Gasteiger partial charge >= 0.3 is 0 Å². The topological polar surface area (TPSA) is 105 Å². The largest absolute Gasteiger partial charge is 0.378 e. The number of hydrogen-bond acceptors (Lipinski definition) is 6. The van der Waals surface area contributed by atoms with Crippen molar-refractivity contribution in [1.82, 2.24) is 9.88 Å². The van der Waals surface area contributed by atoms with Crippen LogP contribution >= 0.6 is 0 Å². The standard InChI is InChI=1S/C23H26N4O4S/c1-16-23(25-17(2)28)22(31-26-16)14-9-18-7-12-21(13-8-18)32(29,30)24-15-19-5-10-20(11-6-19)27(3)4/h5-14,24H,15H2,1-4H3,(H,25,28). The summed E-state index contributed by atoms with van der Waals surface area (Å²) in [5, 5.41) is 6.54. The lowest BCUT2D eigenvalue weighted by Crippen LogP contribution is -2.23. The zero-order chi connectivity index (χ0) is 23.3. The molecule has 0 radical (unpaired) electrons. The molecule has 32 heavy (non-hydrogen) atoms. The molecule has 0 bridgehead atoms. The smallest absolute Gasteiger partial charge is 0.240 e. The van der Waals surface area contributed by atoms with E-state index in [-0.39, 0.29) is 17.3 Å². The molecule has 3 rings (SSSR count). The van der Waals surface area contributed by atoms with Gasteiger partial charge in [-0.1, -0.05) is 35.5 Å². The Labute approximate surface area is 188 Å². The fourth-order valence-electron chi connectivity index (χ4n) is 2.93. The van der Waals surface area contributed by atoms with Gasteiger partial charge in [0, 0.05) is 33.3 Å². The Hall–Kier alpha value is -3.43. The Bertz CT molecular complexity index is 1210. The first-order valence-electron chi connectivity index (χ1n) is 9.93. The molecule has 1 heterocycles. The summed E-state index contributed by atoms with van der Waals surface area (Å²) in [5.41, 5.74) is 3.77. The van der Waals surface area contributed by atoms with Gasteiger partial charge in [0.25, 0.3) is 0 Å². The number of benzene rings is 2. The van der Waals surface area contributed by atoms with Gasteiger partial charge in [-0.3, -0.25) is 4.79 Å². The molecule has 0 aliphatic heterocycles. The molecule has 1 amide bonds. The quantitative estimate of drug-likeness (QED) is 0.538. The minimum absolute atomic E-state index is 0.175. The molecule has 0 aliphatic rings. The number of aryl methyl sites for hydroxylation is 1. The van der Waals surface area contributed by atoms with E-state index in [2.05, 4.69) is 15.2 Å². The highest BCUT2D eigenvalue weighted by atomic mass is 32.2. The van der Waals surface area contributed by atoms with Crippen LogP contribution in [0.2, 0.25) is 0 Å². The van der Waals surface area contributed by atoms with E-state index in [1.807, 2.05) is 43.3 Å². The van der Waals surface area contributed by atoms with Gasteiger partial charge in [0.05, 0.1) is 4.90 Å². The van der Waals surface area contributed by atoms with Gasteiger partial charge in [0.2, 0.25) is 15.9 Å². The first-order valence-corrected chi connectivity index (χ1v) is 11.4. The highest BCUT2D eigenvalue weighted by Gasteiger charge is 2.14. The monoisotopic (exact) mass is 454 g/mol. The Morgan fingerprint density at radius 2 is 1.72 bits per heavy atom. The van der Waals surface area contributed by atoms with Gasteiger partial charge < -0.3 is 14.7 Å². The number of rotatable bonds is 8. The first-order chi connectivity index (χ1) is 15.2. The lowest BCUT2D eigenvalue weighted by molar-refractivity contribution is -0.114. The summed E-state index contributed by atoms with van der Waals surface area (Å²) in [5.74, 6) is 0.193. The second kappa shape index (κ2) is 9.80. The number of amides is 1. The van der Waals surface area contributed by atoms with Crippen LogP contribution in [0, 0.1) is 6.92 Å². The average Bonchev–Trinajstić information content (AvgIpc) is 3.10. The predicted molar refractivity (Wildman–Crippen MR) is 126 cm³/mol. The van der Waals surface area contributed by atoms with Gasteiger partial charge in [0.1, 0.15) is 11.4 Å². The fourth-order valence-corrected chi connectivity index (χ4v) is 3.95. The van der Waals surface area contributed by atoms with Crippen molar-refractivity contribution in [2.45, 2.75) is 25.3 Å². The number of carbonyl (C=O) groups excluding carboxylic acids is 1. The average molecular weight is 455 g/mol. The molecule has 0 unspecified atom stereocenters. The van der Waals surface area contributed by atoms with Crippen molar-refractivity contribution in [3.8, 4) is 0 Å². The summed E-state index contributed by atoms with van der Waals surface area (Å²) in [6.45, 7) is 3.34. The number of nitrogens with one attached hydrogen (secondary N) is 2. The zero-order valence-corrected chi connectivity index (χ0v) is 19.2. The van der Waals surface area contributed by atoms with Crippen LogP contribution in [0.3, 0.4) is 0 Å². The molecule has 0 aliphatic carbocycles. The molecule has 1 aromatic heterocycles. The van der Waals surface area contributed by atoms with Gasteiger partial charge in [-0.05, 0) is 48.4 Å². The van der Waals surface area contributed by atoms with Crippen LogP contribution in [0.4, 0.5) is 11.4 Å². The summed E-state index contributed by atoms with van der Waals surface area (Å²) < 4.78 is 33.1. The first kappa shape index (κ1) is 23.2. The normalized spacial score (nSPS) is 11.6. The molecule has 0 atom stereocenters. The second-order valence-corrected chi connectivity index (χ2v) is 9.24. The van der Waals surface area contributed by atoms with Crippen molar-refractivity contribution in [2.24, 2.45) is 0 Å². The van der Waals surface area contributed by atoms with Crippen molar-refractivity contribution in [1.29, 1.82) is 0 Å². The molecule has 0 saturated heterocycles. The highest BCUT2D eigenvalue weighted by Crippen LogP contribution is 2.23. The van der Waals surface area contributed by atoms with E-state index in [1.165, 1.54) is 19.1 Å². The van der Waals surface area contributed by atoms with Crippen LogP contribution in [-0.2, 0) is 21.4 Å². The van der Waals surface area contributed by atoms with E-state index in [1.54, 1.807) is 31.2 Å². The minimum atomic E-state index is -3.65. The molecular weight excluding hydrogens is 428 g/mol. The predicted octanol–water partition coefficient (Wildman–Crippen LogP) is 3.66. The number of carbonyl (C=O) groups is 1. The van der Waals surface area contributed by atoms with Crippen molar-refractivity contribution in [3.63, 3.8) is 0 Å². The third-order valence-corrected chi connectivity index (χ3v) is 6.14. The van der Waals surface area contributed by atoms with E-state index in [0.717, 1.165) is 16.8 Å². The van der Waals surface area contributed by atoms with Crippen molar-refractivity contribution in [3.05, 3.63) is 71.1 Å². The maximum atomic E-state index is 12.6. The number of sulfonamides is 1. The van der Waals surface area contributed by atoms with E-state index >= 15 is 0 Å². The SMILES string of the molecule is CC(=O)Nc1c(C)noc1C=Cc1ccc(S(=O)(=O)NCc2ccc(N(C)C)cc2)cc1. The molecular formula is C23H26N4O4S. The van der Waals surface area contributed by atoms with E-state index in [4.69, 9.17) is 4.52 Å². The molecule has 9 heteroatoms. The summed E-state index contributed by atoms with van der Waals surface area (Å²) in [4.78, 5) is 13.5. The molecule has 2 aromatic carbocycles. The van der Waals surface area contributed by atoms with Gasteiger partial charge in [-0.2, -0.15) is 0 Å². The van der Waals surface area contributed by atoms with Crippen LogP contribution in [0.15, 0.2) is 57.9 Å². The summed E-state index contributed by atoms with van der Waals surface area (Å²) >= 11 is 0. The minimum Gasteiger partial charge on any atom is -0.378 e. The van der Waals surface area contributed by atoms with Crippen LogP contribution in [0.25, 0.3) is 12.2 Å². The van der Waals surface area contributed by atoms with Crippen LogP contribution < -0.4 is 14.9 Å². The van der Waals surface area contributed by atoms with Crippen LogP contribution in [-0.4, -0.2) is 33.6 Å². The van der Waals surface area contributed by atoms with Crippen molar-refractivity contribution in [2.75, 3.05) is 24.3 Å². The third kappa shape index (κ3) is 5.83. The fraction of sp³-hybridized carbons (Fsp3) is 0.217. The maximum Gasteiger partial charge on any atom is 0.240 e. The maximum absolute atomic E-state index is 12.6. The number of nitrogens with zero attached hydrogens (tertiary/aromatic N) is 2. The van der Waals surface area contributed by atoms with Crippen LogP contribution in [0.5, 0.6) is 0 Å². The second-order valence-electron chi connectivity index (χ2n) is 7.48. The molecule has 0 saturated carbocycles. The number of anilines is 2. The Morgan fingerprint density at radius 3 is 2.31 bits per heavy atom. The Balaban J connectivity index is 1.67. The lowest BCUT2D eigenvalue weighted by atomic mass is 10.2. The van der Waals surface area contributed by atoms with Crippen molar-refractivity contribution < 1.29 is 17.7 Å². The Kier molecular flexibility index (Phi) is 7.12. The summed E-state index contributed by atoms with van der Waals surface area (Å²) in [7, 11) is 0.253. The molecule has 0 spiro atoms. The zero-order valence-electron chi connectivity index (χ0n) is 18.4. The highest BCUT2D eigenvalue weighted by molar-refractivity contribution is 7.89. The third-order valence-electron chi connectivity index (χ3n) is 4.73. The molecule has 3 aromatic rings. The van der Waals surface area contributed by atoms with E-state index in [0.29, 0.717) is 17.1 Å². The van der Waals surface area contributed by atoms with Crippen molar-refractivity contribution >= 4 is 39.5 Å². The lowest BCUT2D eigenvalue weighted by Gasteiger charge is -2.13. The molecule has 8 nitrogen and oxygen atoms in total. The number of aromatic nitrogens is 1. The molecule has 2 N–H and O–H groups in total. The van der Waals surface area contributed by atoms with Gasteiger partial charge in [0.15, 0.2) is 5.76 Å². The summed E-state index contributed by atoms with van der Waals surface area (Å²) in [6.07, 6.45) is 3.42. The Morgan fingerprint density at radius 1 is 1.06 bits per heavy atom. The van der Waals surface area contributed by atoms with E-state index < -0.39 is 10.0 Å².